The lowest BCUT2D eigenvalue weighted by molar-refractivity contribution is 0.577. The van der Waals surface area contributed by atoms with Gasteiger partial charge in [-0.25, -0.2) is 0 Å². The highest BCUT2D eigenvalue weighted by Gasteiger charge is 1.90. The Morgan fingerprint density at radius 2 is 1.00 bits per heavy atom. The fourth-order valence-corrected chi connectivity index (χ4v) is 2.11. The largest absolute Gasteiger partial charge is 0.0888 e. The van der Waals surface area contributed by atoms with Crippen molar-refractivity contribution in [3.05, 3.63) is 24.3 Å². The Balaban J connectivity index is 3.06. The standard InChI is InChI=1S/C18H34/c1-3-5-7-9-11-13-15-17-18-16-14-12-10-8-6-4-2/h5,7,13,15H,3-4,6,8-12,14,16-18H2,1-2H3. The Kier molecular flexibility index (Phi) is 16.0. The van der Waals surface area contributed by atoms with Gasteiger partial charge in [-0.3, -0.25) is 0 Å². The third kappa shape index (κ3) is 15.5. The van der Waals surface area contributed by atoms with Crippen molar-refractivity contribution in [1.29, 1.82) is 0 Å². The summed E-state index contributed by atoms with van der Waals surface area (Å²) in [6.07, 6.45) is 25.5. The molecular formula is C18H34. The van der Waals surface area contributed by atoms with Crippen LogP contribution in [0.4, 0.5) is 0 Å². The molecule has 0 radical (unpaired) electrons. The van der Waals surface area contributed by atoms with Crippen LogP contribution in [0.5, 0.6) is 0 Å². The summed E-state index contributed by atoms with van der Waals surface area (Å²) in [5.41, 5.74) is 0. The minimum Gasteiger partial charge on any atom is -0.0888 e. The maximum absolute atomic E-state index is 2.37. The lowest BCUT2D eigenvalue weighted by Crippen LogP contribution is -1.79. The first-order chi connectivity index (χ1) is 8.91. The summed E-state index contributed by atoms with van der Waals surface area (Å²) in [5.74, 6) is 0. The number of allylic oxidation sites excluding steroid dienone is 4. The second-order valence-corrected chi connectivity index (χ2v) is 5.19. The molecule has 0 aromatic heterocycles. The number of hydrogen-bond acceptors (Lipinski definition) is 0. The Labute approximate surface area is 116 Å². The lowest BCUT2D eigenvalue weighted by atomic mass is 10.1. The molecule has 0 bridgehead atoms. The molecule has 0 nitrogen and oxygen atoms in total. The van der Waals surface area contributed by atoms with Gasteiger partial charge in [-0.05, 0) is 32.1 Å². The summed E-state index contributed by atoms with van der Waals surface area (Å²) >= 11 is 0. The van der Waals surface area contributed by atoms with Gasteiger partial charge in [0.1, 0.15) is 0 Å². The molecular weight excluding hydrogens is 216 g/mol. The topological polar surface area (TPSA) is 0 Å². The third-order valence-electron chi connectivity index (χ3n) is 3.29. The van der Waals surface area contributed by atoms with Crippen molar-refractivity contribution in [2.45, 2.75) is 90.9 Å². The van der Waals surface area contributed by atoms with Gasteiger partial charge in [-0.1, -0.05) is 83.1 Å². The molecule has 0 saturated heterocycles. The van der Waals surface area contributed by atoms with Crippen molar-refractivity contribution in [1.82, 2.24) is 0 Å². The molecule has 0 spiro atoms. The Morgan fingerprint density at radius 3 is 1.61 bits per heavy atom. The summed E-state index contributed by atoms with van der Waals surface area (Å²) in [7, 11) is 0. The van der Waals surface area contributed by atoms with Gasteiger partial charge in [0, 0.05) is 0 Å². The van der Waals surface area contributed by atoms with E-state index in [1.807, 2.05) is 0 Å². The molecule has 0 aromatic rings. The summed E-state index contributed by atoms with van der Waals surface area (Å²) in [4.78, 5) is 0. The van der Waals surface area contributed by atoms with Crippen LogP contribution in [0.25, 0.3) is 0 Å². The average molecular weight is 250 g/mol. The fraction of sp³-hybridized carbons (Fsp3) is 0.778. The summed E-state index contributed by atoms with van der Waals surface area (Å²) < 4.78 is 0. The number of hydrogen-bond donors (Lipinski definition) is 0. The van der Waals surface area contributed by atoms with Crippen molar-refractivity contribution in [2.24, 2.45) is 0 Å². The van der Waals surface area contributed by atoms with Gasteiger partial charge in [0.05, 0.1) is 0 Å². The maximum atomic E-state index is 2.37. The summed E-state index contributed by atoms with van der Waals surface area (Å²) in [5, 5.41) is 0. The van der Waals surface area contributed by atoms with E-state index in [1.165, 1.54) is 77.0 Å². The Bertz CT molecular complexity index is 188. The molecule has 18 heavy (non-hydrogen) atoms. The van der Waals surface area contributed by atoms with Crippen molar-refractivity contribution in [2.75, 3.05) is 0 Å². The van der Waals surface area contributed by atoms with E-state index in [0.717, 1.165) is 0 Å². The highest BCUT2D eigenvalue weighted by atomic mass is 14.0. The monoisotopic (exact) mass is 250 g/mol. The second kappa shape index (κ2) is 16.5. The zero-order chi connectivity index (χ0) is 13.3. The van der Waals surface area contributed by atoms with E-state index in [-0.39, 0.29) is 0 Å². The van der Waals surface area contributed by atoms with Crippen LogP contribution in [0.1, 0.15) is 90.9 Å². The summed E-state index contributed by atoms with van der Waals surface area (Å²) in [6, 6.07) is 0. The molecule has 0 unspecified atom stereocenters. The van der Waals surface area contributed by atoms with E-state index in [0.29, 0.717) is 0 Å². The summed E-state index contributed by atoms with van der Waals surface area (Å²) in [6.45, 7) is 4.47. The average Bonchev–Trinajstić information content (AvgIpc) is 2.39. The van der Waals surface area contributed by atoms with Gasteiger partial charge >= 0.3 is 0 Å². The molecule has 0 amide bonds. The van der Waals surface area contributed by atoms with E-state index in [9.17, 15) is 0 Å². The van der Waals surface area contributed by atoms with Gasteiger partial charge < -0.3 is 0 Å². The molecule has 0 heteroatoms. The van der Waals surface area contributed by atoms with Crippen LogP contribution in [-0.4, -0.2) is 0 Å². The molecule has 106 valence electrons. The van der Waals surface area contributed by atoms with Gasteiger partial charge in [0.25, 0.3) is 0 Å². The molecule has 0 aromatic carbocycles. The predicted molar refractivity (Wildman–Crippen MR) is 85.0 cm³/mol. The highest BCUT2D eigenvalue weighted by Crippen LogP contribution is 2.09. The minimum atomic E-state index is 1.17. The van der Waals surface area contributed by atoms with Crippen LogP contribution in [0.3, 0.4) is 0 Å². The van der Waals surface area contributed by atoms with Crippen LogP contribution in [-0.2, 0) is 0 Å². The molecule has 0 heterocycles. The Morgan fingerprint density at radius 1 is 0.500 bits per heavy atom. The van der Waals surface area contributed by atoms with E-state index in [2.05, 4.69) is 38.2 Å². The molecule has 0 atom stereocenters. The van der Waals surface area contributed by atoms with Crippen molar-refractivity contribution < 1.29 is 0 Å². The molecule has 0 N–H and O–H groups in total. The first-order valence-corrected chi connectivity index (χ1v) is 8.21. The van der Waals surface area contributed by atoms with E-state index >= 15 is 0 Å². The smallest absolute Gasteiger partial charge is 0.0316 e. The quantitative estimate of drug-likeness (QED) is 0.248. The highest BCUT2D eigenvalue weighted by molar-refractivity contribution is 4.87. The van der Waals surface area contributed by atoms with Crippen LogP contribution in [0, 0.1) is 0 Å². The van der Waals surface area contributed by atoms with Crippen molar-refractivity contribution in [3.63, 3.8) is 0 Å². The zero-order valence-electron chi connectivity index (χ0n) is 12.8. The van der Waals surface area contributed by atoms with Crippen molar-refractivity contribution >= 4 is 0 Å². The van der Waals surface area contributed by atoms with Gasteiger partial charge in [0.2, 0.25) is 0 Å². The molecule has 0 rings (SSSR count). The number of rotatable bonds is 13. The minimum absolute atomic E-state index is 1.17. The van der Waals surface area contributed by atoms with Gasteiger partial charge in [0.15, 0.2) is 0 Å². The van der Waals surface area contributed by atoms with Crippen LogP contribution >= 0.6 is 0 Å². The van der Waals surface area contributed by atoms with E-state index in [4.69, 9.17) is 0 Å². The first-order valence-electron chi connectivity index (χ1n) is 8.21. The molecule has 0 aliphatic rings. The normalized spacial score (nSPS) is 11.9. The van der Waals surface area contributed by atoms with Crippen molar-refractivity contribution in [3.8, 4) is 0 Å². The van der Waals surface area contributed by atoms with Crippen LogP contribution < -0.4 is 0 Å². The molecule has 0 aliphatic carbocycles. The number of unbranched alkanes of at least 4 members (excludes halogenated alkanes) is 9. The van der Waals surface area contributed by atoms with Gasteiger partial charge in [-0.2, -0.15) is 0 Å². The SMILES string of the molecule is CCC=CCCC=CCCCCCCCCCC. The third-order valence-corrected chi connectivity index (χ3v) is 3.29. The second-order valence-electron chi connectivity index (χ2n) is 5.19. The molecule has 0 saturated carbocycles. The van der Waals surface area contributed by atoms with E-state index < -0.39 is 0 Å². The first kappa shape index (κ1) is 17.5. The molecule has 0 fully saturated rings. The Hall–Kier alpha value is -0.520. The molecule has 0 aliphatic heterocycles. The lowest BCUT2D eigenvalue weighted by Gasteiger charge is -1.99. The zero-order valence-corrected chi connectivity index (χ0v) is 12.8. The predicted octanol–water partition coefficient (Wildman–Crippen LogP) is 6.82. The van der Waals surface area contributed by atoms with E-state index in [1.54, 1.807) is 0 Å². The maximum Gasteiger partial charge on any atom is -0.0316 e. The van der Waals surface area contributed by atoms with Crippen LogP contribution in [0.15, 0.2) is 24.3 Å². The van der Waals surface area contributed by atoms with Crippen LogP contribution in [0.2, 0.25) is 0 Å². The van der Waals surface area contributed by atoms with Gasteiger partial charge in [-0.15, -0.1) is 0 Å². The fourth-order valence-electron chi connectivity index (χ4n) is 2.11.